The molecule has 0 saturated heterocycles. The predicted octanol–water partition coefficient (Wildman–Crippen LogP) is 17.6. The molecule has 0 aliphatic rings. The van der Waals surface area contributed by atoms with E-state index in [1.807, 2.05) is 0 Å². The summed E-state index contributed by atoms with van der Waals surface area (Å²) in [6.07, 6.45) is 27.0. The van der Waals surface area contributed by atoms with Crippen LogP contribution in [0.1, 0.15) is 196 Å². The topological polar surface area (TPSA) is 55.4 Å². The highest BCUT2D eigenvalue weighted by Gasteiger charge is 2.24. The van der Waals surface area contributed by atoms with Crippen LogP contribution in [-0.4, -0.2) is 39.6 Å². The molecule has 0 aliphatic heterocycles. The second kappa shape index (κ2) is 29.9. The molecule has 0 heterocycles. The molecule has 0 saturated carbocycles. The zero-order chi connectivity index (χ0) is 43.5. The third-order valence-corrected chi connectivity index (χ3v) is 12.1. The fraction of sp³-hybridized carbons (Fsp3) is 0.667. The maximum absolute atomic E-state index is 7.69. The molecule has 4 aromatic carbocycles. The molecular formula is C54H83ClO6. The highest BCUT2D eigenvalue weighted by Crippen LogP contribution is 2.51. The van der Waals surface area contributed by atoms with E-state index in [1.165, 1.54) is 77.0 Å². The number of hydrogen-bond donors (Lipinski definition) is 0. The predicted molar refractivity (Wildman–Crippen MR) is 262 cm³/mol. The average molecular weight is 864 g/mol. The smallest absolute Gasteiger partial charge is 0.180 e. The van der Waals surface area contributed by atoms with Crippen molar-refractivity contribution in [2.45, 2.75) is 196 Å². The van der Waals surface area contributed by atoms with Crippen LogP contribution in [0.4, 0.5) is 0 Å². The molecule has 61 heavy (non-hydrogen) atoms. The summed E-state index contributed by atoms with van der Waals surface area (Å²) >= 11 is 7.69. The van der Waals surface area contributed by atoms with Crippen molar-refractivity contribution in [1.29, 1.82) is 0 Å². The molecule has 0 amide bonds. The molecule has 0 bridgehead atoms. The molecule has 0 atom stereocenters. The first kappa shape index (κ1) is 50.4. The van der Waals surface area contributed by atoms with E-state index in [1.54, 1.807) is 0 Å². The van der Waals surface area contributed by atoms with Gasteiger partial charge in [0.1, 0.15) is 0 Å². The first-order valence-corrected chi connectivity index (χ1v) is 25.4. The van der Waals surface area contributed by atoms with Crippen molar-refractivity contribution in [1.82, 2.24) is 0 Å². The Morgan fingerprint density at radius 1 is 0.295 bits per heavy atom. The minimum absolute atomic E-state index is 0.573. The van der Waals surface area contributed by atoms with E-state index in [-0.39, 0.29) is 0 Å². The summed E-state index contributed by atoms with van der Waals surface area (Å²) in [5.41, 5.74) is 0. The number of unbranched alkanes of at least 4 members (excludes halogenated alkanes) is 18. The molecule has 0 aromatic heterocycles. The zero-order valence-corrected chi connectivity index (χ0v) is 40.2. The van der Waals surface area contributed by atoms with E-state index in [2.05, 4.69) is 71.9 Å². The molecule has 0 unspecified atom stereocenters. The third kappa shape index (κ3) is 16.1. The lowest BCUT2D eigenvalue weighted by molar-refractivity contribution is 0.259. The van der Waals surface area contributed by atoms with Gasteiger partial charge in [-0.2, -0.15) is 0 Å². The maximum Gasteiger partial charge on any atom is 0.180 e. The second-order valence-corrected chi connectivity index (χ2v) is 17.5. The Kier molecular flexibility index (Phi) is 24.7. The number of benzene rings is 4. The standard InChI is InChI=1S/C54H83ClO6/c1-7-13-19-25-31-56-47-37-42-43-38-49(58-33-27-21-15-9-3)50(59-34-28-22-16-10-4)40-45(43)52-46(44(42)39-48(47)57-32-26-20-14-8-2)41-51(60-35-29-23-17-11-5)54(53(52)55)61-36-30-24-18-12-6/h37-41H,7-36H2,1-6H3. The van der Waals surface area contributed by atoms with Gasteiger partial charge in [0.05, 0.1) is 44.7 Å². The molecule has 0 spiro atoms. The van der Waals surface area contributed by atoms with Crippen molar-refractivity contribution in [3.63, 3.8) is 0 Å². The van der Waals surface area contributed by atoms with Crippen LogP contribution in [0.15, 0.2) is 30.3 Å². The number of rotatable bonds is 36. The summed E-state index contributed by atoms with van der Waals surface area (Å²) in [5, 5.41) is 6.65. The number of fused-ring (bicyclic) bond motifs is 6. The van der Waals surface area contributed by atoms with Crippen LogP contribution in [0.2, 0.25) is 5.02 Å². The monoisotopic (exact) mass is 863 g/mol. The van der Waals surface area contributed by atoms with Gasteiger partial charge in [0, 0.05) is 5.39 Å². The lowest BCUT2D eigenvalue weighted by atomic mass is 9.92. The quantitative estimate of drug-likeness (QED) is 0.0335. The van der Waals surface area contributed by atoms with Crippen molar-refractivity contribution in [3.05, 3.63) is 35.4 Å². The Hall–Kier alpha value is -3.25. The summed E-state index contributed by atoms with van der Waals surface area (Å²) in [6.45, 7) is 17.2. The van der Waals surface area contributed by atoms with E-state index in [4.69, 9.17) is 40.0 Å². The molecular weight excluding hydrogens is 780 g/mol. The number of ether oxygens (including phenoxy) is 6. The van der Waals surface area contributed by atoms with Gasteiger partial charge >= 0.3 is 0 Å². The Balaban J connectivity index is 2.00. The average Bonchev–Trinajstić information content (AvgIpc) is 3.26. The van der Waals surface area contributed by atoms with Crippen molar-refractivity contribution in [2.24, 2.45) is 0 Å². The third-order valence-electron chi connectivity index (χ3n) is 11.7. The van der Waals surface area contributed by atoms with E-state index in [9.17, 15) is 0 Å². The van der Waals surface area contributed by atoms with Crippen LogP contribution in [0.25, 0.3) is 32.3 Å². The molecule has 342 valence electrons. The molecule has 0 N–H and O–H groups in total. The van der Waals surface area contributed by atoms with E-state index in [0.717, 1.165) is 132 Å². The molecule has 6 nitrogen and oxygen atoms in total. The van der Waals surface area contributed by atoms with Crippen LogP contribution in [-0.2, 0) is 0 Å². The number of halogens is 1. The van der Waals surface area contributed by atoms with Crippen LogP contribution in [0, 0.1) is 0 Å². The van der Waals surface area contributed by atoms with Gasteiger partial charge in [0.2, 0.25) is 0 Å². The Morgan fingerprint density at radius 2 is 0.541 bits per heavy atom. The first-order chi connectivity index (χ1) is 30.0. The minimum Gasteiger partial charge on any atom is -0.490 e. The van der Waals surface area contributed by atoms with Crippen LogP contribution in [0.5, 0.6) is 34.5 Å². The summed E-state index contributed by atoms with van der Waals surface area (Å²) in [4.78, 5) is 0. The second-order valence-electron chi connectivity index (χ2n) is 17.1. The van der Waals surface area contributed by atoms with Crippen molar-refractivity contribution in [2.75, 3.05) is 39.6 Å². The minimum atomic E-state index is 0.573. The Bertz CT molecular complexity index is 1760. The lowest BCUT2D eigenvalue weighted by Gasteiger charge is -2.22. The summed E-state index contributed by atoms with van der Waals surface area (Å²) in [5.74, 6) is 4.41. The van der Waals surface area contributed by atoms with Gasteiger partial charge in [-0.3, -0.25) is 0 Å². The molecule has 4 aromatic rings. The number of hydrogen-bond acceptors (Lipinski definition) is 6. The van der Waals surface area contributed by atoms with Crippen LogP contribution < -0.4 is 28.4 Å². The van der Waals surface area contributed by atoms with Gasteiger partial charge in [-0.25, -0.2) is 0 Å². The molecule has 4 rings (SSSR count). The van der Waals surface area contributed by atoms with E-state index in [0.29, 0.717) is 56.2 Å². The van der Waals surface area contributed by atoms with E-state index >= 15 is 0 Å². The van der Waals surface area contributed by atoms with Gasteiger partial charge < -0.3 is 28.4 Å². The fourth-order valence-electron chi connectivity index (χ4n) is 8.03. The molecule has 0 aliphatic carbocycles. The maximum atomic E-state index is 7.69. The summed E-state index contributed by atoms with van der Waals surface area (Å²) in [6, 6.07) is 10.9. The normalized spacial score (nSPS) is 11.5. The van der Waals surface area contributed by atoms with Crippen LogP contribution in [0.3, 0.4) is 0 Å². The van der Waals surface area contributed by atoms with E-state index < -0.39 is 0 Å². The zero-order valence-electron chi connectivity index (χ0n) is 39.4. The summed E-state index contributed by atoms with van der Waals surface area (Å²) < 4.78 is 39.9. The Morgan fingerprint density at radius 3 is 0.852 bits per heavy atom. The highest BCUT2D eigenvalue weighted by molar-refractivity contribution is 6.42. The van der Waals surface area contributed by atoms with Gasteiger partial charge in [-0.1, -0.05) is 169 Å². The fourth-order valence-corrected chi connectivity index (χ4v) is 8.38. The van der Waals surface area contributed by atoms with Crippen LogP contribution >= 0.6 is 11.6 Å². The van der Waals surface area contributed by atoms with Crippen molar-refractivity contribution >= 4 is 43.9 Å². The van der Waals surface area contributed by atoms with Gasteiger partial charge in [-0.15, -0.1) is 0 Å². The van der Waals surface area contributed by atoms with Crippen molar-refractivity contribution < 1.29 is 28.4 Å². The highest BCUT2D eigenvalue weighted by atomic mass is 35.5. The van der Waals surface area contributed by atoms with Gasteiger partial charge in [0.15, 0.2) is 34.5 Å². The van der Waals surface area contributed by atoms with Crippen molar-refractivity contribution in [3.8, 4) is 34.5 Å². The Labute approximate surface area is 376 Å². The van der Waals surface area contributed by atoms with Gasteiger partial charge in [0.25, 0.3) is 0 Å². The van der Waals surface area contributed by atoms with Gasteiger partial charge in [-0.05, 0) is 95.8 Å². The SMILES string of the molecule is CCCCCCOc1cc2c3cc(OCCCCCC)c(OCCCCCC)cc3c3c(Cl)c(OCCCCCC)c(OCCCCCC)cc3c2cc1OCCCCCC. The molecule has 7 heteroatoms. The largest absolute Gasteiger partial charge is 0.490 e. The molecule has 0 fully saturated rings. The molecule has 0 radical (unpaired) electrons. The summed E-state index contributed by atoms with van der Waals surface area (Å²) in [7, 11) is 0. The lowest BCUT2D eigenvalue weighted by Crippen LogP contribution is -2.05. The first-order valence-electron chi connectivity index (χ1n) is 25.0.